The quantitative estimate of drug-likeness (QED) is 0.789. The Morgan fingerprint density at radius 1 is 1.33 bits per heavy atom. The van der Waals surface area contributed by atoms with E-state index in [-0.39, 0.29) is 0 Å². The van der Waals surface area contributed by atoms with E-state index in [1.165, 1.54) is 6.33 Å². The number of pyridine rings is 1. The molecule has 0 spiro atoms. The number of anilines is 2. The average molecular weight is 197 g/mol. The Kier molecular flexibility index (Phi) is 2.52. The van der Waals surface area contributed by atoms with Crippen molar-refractivity contribution in [1.82, 2.24) is 15.0 Å². The van der Waals surface area contributed by atoms with Crippen LogP contribution in [0.3, 0.4) is 0 Å². The summed E-state index contributed by atoms with van der Waals surface area (Å²) < 4.78 is 0. The van der Waals surface area contributed by atoms with Crippen LogP contribution in [0.25, 0.3) is 0 Å². The normalized spacial score (nSPS) is 9.27. The zero-order valence-corrected chi connectivity index (χ0v) is 7.75. The first-order valence-corrected chi connectivity index (χ1v) is 4.27. The maximum Gasteiger partial charge on any atom is 0.145 e. The minimum absolute atomic E-state index is 0.330. The van der Waals surface area contributed by atoms with Gasteiger partial charge in [-0.05, 0) is 12.1 Å². The average Bonchev–Trinajstić information content (AvgIpc) is 2.31. The Morgan fingerprint density at radius 2 is 2.27 bits per heavy atom. The summed E-state index contributed by atoms with van der Waals surface area (Å²) in [5, 5.41) is 11.7. The van der Waals surface area contributed by atoms with Crippen molar-refractivity contribution in [3.05, 3.63) is 42.6 Å². The first-order valence-electron chi connectivity index (χ1n) is 4.27. The SMILES string of the molecule is N#Cc1cc(Nc2cccnc2)ncn1. The van der Waals surface area contributed by atoms with Crippen LogP contribution in [0.4, 0.5) is 11.5 Å². The molecule has 2 aromatic heterocycles. The van der Waals surface area contributed by atoms with Crippen LogP contribution in [0.2, 0.25) is 0 Å². The van der Waals surface area contributed by atoms with Crippen LogP contribution in [0.15, 0.2) is 36.9 Å². The number of hydrogen-bond donors (Lipinski definition) is 1. The summed E-state index contributed by atoms with van der Waals surface area (Å²) >= 11 is 0. The fourth-order valence-electron chi connectivity index (χ4n) is 1.07. The maximum atomic E-state index is 8.65. The van der Waals surface area contributed by atoms with Gasteiger partial charge >= 0.3 is 0 Å². The molecule has 0 saturated heterocycles. The molecule has 2 aromatic rings. The highest BCUT2D eigenvalue weighted by Crippen LogP contribution is 2.11. The van der Waals surface area contributed by atoms with Crippen LogP contribution >= 0.6 is 0 Å². The molecular formula is C10H7N5. The predicted octanol–water partition coefficient (Wildman–Crippen LogP) is 1.49. The van der Waals surface area contributed by atoms with Gasteiger partial charge in [0.15, 0.2) is 0 Å². The third-order valence-corrected chi connectivity index (χ3v) is 1.72. The van der Waals surface area contributed by atoms with E-state index in [4.69, 9.17) is 5.26 Å². The second-order valence-corrected chi connectivity index (χ2v) is 2.77. The van der Waals surface area contributed by atoms with Crippen LogP contribution in [0.1, 0.15) is 5.69 Å². The number of hydrogen-bond acceptors (Lipinski definition) is 5. The van der Waals surface area contributed by atoms with Gasteiger partial charge in [0, 0.05) is 12.3 Å². The molecular weight excluding hydrogens is 190 g/mol. The third-order valence-electron chi connectivity index (χ3n) is 1.72. The molecule has 15 heavy (non-hydrogen) atoms. The summed E-state index contributed by atoms with van der Waals surface area (Å²) in [6.45, 7) is 0. The summed E-state index contributed by atoms with van der Waals surface area (Å²) in [5.74, 6) is 0.578. The molecule has 0 fully saturated rings. The molecule has 0 saturated carbocycles. The predicted molar refractivity (Wildman–Crippen MR) is 54.3 cm³/mol. The topological polar surface area (TPSA) is 74.5 Å². The molecule has 0 atom stereocenters. The van der Waals surface area contributed by atoms with Crippen molar-refractivity contribution in [2.75, 3.05) is 5.32 Å². The third kappa shape index (κ3) is 2.25. The second-order valence-electron chi connectivity index (χ2n) is 2.77. The number of nitriles is 1. The number of nitrogens with one attached hydrogen (secondary N) is 1. The molecule has 2 heterocycles. The minimum Gasteiger partial charge on any atom is -0.339 e. The Bertz CT molecular complexity index is 489. The van der Waals surface area contributed by atoms with Gasteiger partial charge in [-0.3, -0.25) is 4.98 Å². The highest BCUT2D eigenvalue weighted by atomic mass is 15.0. The number of nitrogens with zero attached hydrogens (tertiary/aromatic N) is 4. The summed E-state index contributed by atoms with van der Waals surface area (Å²) in [6.07, 6.45) is 4.71. The lowest BCUT2D eigenvalue weighted by Crippen LogP contribution is -1.95. The van der Waals surface area contributed by atoms with Crippen LogP contribution in [-0.4, -0.2) is 15.0 Å². The van der Waals surface area contributed by atoms with Crippen molar-refractivity contribution in [2.45, 2.75) is 0 Å². The lowest BCUT2D eigenvalue weighted by Gasteiger charge is -2.03. The van der Waals surface area contributed by atoms with Crippen molar-refractivity contribution in [3.8, 4) is 6.07 Å². The van der Waals surface area contributed by atoms with Gasteiger partial charge in [0.1, 0.15) is 23.9 Å². The second kappa shape index (κ2) is 4.15. The molecule has 5 nitrogen and oxygen atoms in total. The first kappa shape index (κ1) is 9.09. The van der Waals surface area contributed by atoms with Gasteiger partial charge in [0.2, 0.25) is 0 Å². The molecule has 0 radical (unpaired) electrons. The highest BCUT2D eigenvalue weighted by Gasteiger charge is 1.97. The first-order chi connectivity index (χ1) is 7.38. The smallest absolute Gasteiger partial charge is 0.145 e. The summed E-state index contributed by atoms with van der Waals surface area (Å²) in [6, 6.07) is 7.20. The molecule has 5 heteroatoms. The fourth-order valence-corrected chi connectivity index (χ4v) is 1.07. The molecule has 0 aliphatic heterocycles. The molecule has 0 unspecified atom stereocenters. The maximum absolute atomic E-state index is 8.65. The van der Waals surface area contributed by atoms with E-state index in [2.05, 4.69) is 20.3 Å². The Hall–Kier alpha value is -2.48. The molecule has 0 aliphatic carbocycles. The molecule has 2 rings (SSSR count). The zero-order valence-electron chi connectivity index (χ0n) is 7.75. The van der Waals surface area contributed by atoms with Gasteiger partial charge in [-0.2, -0.15) is 5.26 Å². The fraction of sp³-hybridized carbons (Fsp3) is 0. The van der Waals surface area contributed by atoms with Gasteiger partial charge in [0.05, 0.1) is 11.9 Å². The summed E-state index contributed by atoms with van der Waals surface area (Å²) in [4.78, 5) is 11.7. The lowest BCUT2D eigenvalue weighted by molar-refractivity contribution is 1.14. The standard InChI is InChI=1S/C10H7N5/c11-5-9-4-10(14-7-13-9)15-8-2-1-3-12-6-8/h1-4,6-7H,(H,13,14,15). The monoisotopic (exact) mass is 197 g/mol. The van der Waals surface area contributed by atoms with Crippen molar-refractivity contribution < 1.29 is 0 Å². The summed E-state index contributed by atoms with van der Waals surface area (Å²) in [5.41, 5.74) is 1.15. The molecule has 0 aliphatic rings. The van der Waals surface area contributed by atoms with Gasteiger partial charge in [-0.25, -0.2) is 9.97 Å². The van der Waals surface area contributed by atoms with Crippen molar-refractivity contribution in [2.24, 2.45) is 0 Å². The zero-order chi connectivity index (χ0) is 10.5. The van der Waals surface area contributed by atoms with Crippen LogP contribution < -0.4 is 5.32 Å². The molecule has 1 N–H and O–H groups in total. The van der Waals surface area contributed by atoms with E-state index in [1.807, 2.05) is 18.2 Å². The van der Waals surface area contributed by atoms with E-state index in [1.54, 1.807) is 18.5 Å². The summed E-state index contributed by atoms with van der Waals surface area (Å²) in [7, 11) is 0. The minimum atomic E-state index is 0.330. The van der Waals surface area contributed by atoms with E-state index < -0.39 is 0 Å². The molecule has 0 bridgehead atoms. The van der Waals surface area contributed by atoms with Crippen molar-refractivity contribution in [1.29, 1.82) is 5.26 Å². The van der Waals surface area contributed by atoms with E-state index >= 15 is 0 Å². The van der Waals surface area contributed by atoms with Crippen LogP contribution in [0, 0.1) is 11.3 Å². The van der Waals surface area contributed by atoms with Crippen LogP contribution in [0.5, 0.6) is 0 Å². The van der Waals surface area contributed by atoms with Crippen molar-refractivity contribution in [3.63, 3.8) is 0 Å². The Morgan fingerprint density at radius 3 is 3.00 bits per heavy atom. The van der Waals surface area contributed by atoms with E-state index in [9.17, 15) is 0 Å². The lowest BCUT2D eigenvalue weighted by atomic mass is 10.4. The Balaban J connectivity index is 2.22. The van der Waals surface area contributed by atoms with Gasteiger partial charge < -0.3 is 5.32 Å². The van der Waals surface area contributed by atoms with Gasteiger partial charge in [-0.1, -0.05) is 0 Å². The van der Waals surface area contributed by atoms with E-state index in [0.717, 1.165) is 5.69 Å². The van der Waals surface area contributed by atoms with Gasteiger partial charge in [-0.15, -0.1) is 0 Å². The molecule has 0 aromatic carbocycles. The van der Waals surface area contributed by atoms with Gasteiger partial charge in [0.25, 0.3) is 0 Å². The van der Waals surface area contributed by atoms with Crippen molar-refractivity contribution >= 4 is 11.5 Å². The van der Waals surface area contributed by atoms with Crippen LogP contribution in [-0.2, 0) is 0 Å². The number of rotatable bonds is 2. The Labute approximate surface area is 86.5 Å². The number of aromatic nitrogens is 3. The largest absolute Gasteiger partial charge is 0.339 e. The molecule has 0 amide bonds. The van der Waals surface area contributed by atoms with E-state index in [0.29, 0.717) is 11.5 Å². The highest BCUT2D eigenvalue weighted by molar-refractivity contribution is 5.55. The molecule has 72 valence electrons.